The van der Waals surface area contributed by atoms with E-state index in [1.54, 1.807) is 31.2 Å². The highest BCUT2D eigenvalue weighted by Crippen LogP contribution is 2.20. The maximum atomic E-state index is 11.9. The van der Waals surface area contributed by atoms with E-state index in [1.807, 2.05) is 0 Å². The van der Waals surface area contributed by atoms with Crippen LogP contribution >= 0.6 is 23.2 Å². The molecule has 0 unspecified atom stereocenters. The number of hydrogen-bond donors (Lipinski definition) is 2. The minimum atomic E-state index is -0.276. The second kappa shape index (κ2) is 8.70. The first-order valence-corrected chi connectivity index (χ1v) is 8.14. The topological polar surface area (TPSA) is 84.2 Å². The molecular weight excluding hydrogens is 353 g/mol. The Labute approximate surface area is 149 Å². The zero-order chi connectivity index (χ0) is 17.5. The molecule has 0 aliphatic carbocycles. The summed E-state index contributed by atoms with van der Waals surface area (Å²) in [6.45, 7) is 2.40. The molecule has 0 atom stereocenters. The monoisotopic (exact) mass is 369 g/mol. The number of aryl methyl sites for hydroxylation is 1. The van der Waals surface area contributed by atoms with Crippen LogP contribution in [0.15, 0.2) is 28.8 Å². The van der Waals surface area contributed by atoms with Gasteiger partial charge >= 0.3 is 0 Å². The van der Waals surface area contributed by atoms with E-state index in [0.717, 1.165) is 5.56 Å². The van der Waals surface area contributed by atoms with E-state index in [2.05, 4.69) is 15.8 Å². The van der Waals surface area contributed by atoms with Crippen molar-refractivity contribution >= 4 is 35.0 Å². The number of aromatic nitrogens is 1. The van der Waals surface area contributed by atoms with Crippen molar-refractivity contribution in [3.8, 4) is 0 Å². The van der Waals surface area contributed by atoms with Gasteiger partial charge in [-0.05, 0) is 37.1 Å². The average Bonchev–Trinajstić information content (AvgIpc) is 2.88. The smallest absolute Gasteiger partial charge is 0.252 e. The highest BCUT2D eigenvalue weighted by atomic mass is 35.5. The van der Waals surface area contributed by atoms with Crippen molar-refractivity contribution < 1.29 is 14.1 Å². The predicted octanol–water partition coefficient (Wildman–Crippen LogP) is 2.77. The molecule has 0 aliphatic heterocycles. The summed E-state index contributed by atoms with van der Waals surface area (Å²) in [5.74, 6) is -0.416. The van der Waals surface area contributed by atoms with Gasteiger partial charge < -0.3 is 15.2 Å². The molecule has 0 aliphatic rings. The van der Waals surface area contributed by atoms with E-state index in [1.165, 1.54) is 0 Å². The average molecular weight is 370 g/mol. The molecule has 1 aromatic carbocycles. The summed E-state index contributed by atoms with van der Waals surface area (Å²) in [6.07, 6.45) is 0.714. The Kier molecular flexibility index (Phi) is 6.63. The Morgan fingerprint density at radius 1 is 1.17 bits per heavy atom. The lowest BCUT2D eigenvalue weighted by molar-refractivity contribution is -0.121. The Morgan fingerprint density at radius 3 is 2.54 bits per heavy atom. The summed E-state index contributed by atoms with van der Waals surface area (Å²) in [7, 11) is 0. The summed E-state index contributed by atoms with van der Waals surface area (Å²) in [5.41, 5.74) is 1.82. The number of halogens is 2. The van der Waals surface area contributed by atoms with Crippen molar-refractivity contribution in [3.05, 3.63) is 51.3 Å². The van der Waals surface area contributed by atoms with Crippen LogP contribution in [-0.4, -0.2) is 30.1 Å². The van der Waals surface area contributed by atoms with E-state index in [-0.39, 0.29) is 23.5 Å². The van der Waals surface area contributed by atoms with Gasteiger partial charge in [0, 0.05) is 25.1 Å². The Balaban J connectivity index is 1.68. The first-order valence-electron chi connectivity index (χ1n) is 7.39. The third-order valence-electron chi connectivity index (χ3n) is 3.39. The number of amides is 2. The zero-order valence-corrected chi connectivity index (χ0v) is 14.6. The molecule has 0 radical (unpaired) electrons. The Bertz CT molecular complexity index is 712. The third kappa shape index (κ3) is 4.97. The highest BCUT2D eigenvalue weighted by Gasteiger charge is 2.13. The van der Waals surface area contributed by atoms with Crippen molar-refractivity contribution in [1.29, 1.82) is 0 Å². The van der Waals surface area contributed by atoms with Gasteiger partial charge in [0.15, 0.2) is 0 Å². The van der Waals surface area contributed by atoms with Gasteiger partial charge in [0.25, 0.3) is 5.91 Å². The lowest BCUT2D eigenvalue weighted by atomic mass is 10.1. The first-order chi connectivity index (χ1) is 11.5. The van der Waals surface area contributed by atoms with Crippen molar-refractivity contribution in [1.82, 2.24) is 15.8 Å². The van der Waals surface area contributed by atoms with Gasteiger partial charge in [0.05, 0.1) is 16.3 Å². The first kappa shape index (κ1) is 18.3. The van der Waals surface area contributed by atoms with Crippen molar-refractivity contribution in [2.24, 2.45) is 0 Å². The minimum absolute atomic E-state index is 0.140. The lowest BCUT2D eigenvalue weighted by Crippen LogP contribution is -2.34. The van der Waals surface area contributed by atoms with Gasteiger partial charge in [-0.3, -0.25) is 9.59 Å². The summed E-state index contributed by atoms with van der Waals surface area (Å²) in [5, 5.41) is 9.76. The van der Waals surface area contributed by atoms with Crippen LogP contribution in [0.1, 0.15) is 28.0 Å². The number of nitrogens with zero attached hydrogens (tertiary/aromatic N) is 1. The van der Waals surface area contributed by atoms with Crippen LogP contribution in [-0.2, 0) is 11.2 Å². The fourth-order valence-electron chi connectivity index (χ4n) is 2.09. The highest BCUT2D eigenvalue weighted by molar-refractivity contribution is 6.33. The maximum absolute atomic E-state index is 11.9. The Morgan fingerprint density at radius 2 is 1.88 bits per heavy atom. The molecule has 2 aromatic rings. The normalized spacial score (nSPS) is 10.5. The maximum Gasteiger partial charge on any atom is 0.252 e. The molecule has 0 fully saturated rings. The predicted molar refractivity (Wildman–Crippen MR) is 91.4 cm³/mol. The molecule has 8 heteroatoms. The molecule has 0 saturated carbocycles. The SMILES string of the molecule is Cc1noc(Cl)c1CCC(=O)NCCNC(=O)c1ccccc1Cl. The Hall–Kier alpha value is -2.05. The van der Waals surface area contributed by atoms with Crippen LogP contribution in [0.25, 0.3) is 0 Å². The van der Waals surface area contributed by atoms with Crippen LogP contribution in [0.2, 0.25) is 10.2 Å². The van der Waals surface area contributed by atoms with Crippen molar-refractivity contribution in [3.63, 3.8) is 0 Å². The van der Waals surface area contributed by atoms with Crippen LogP contribution < -0.4 is 10.6 Å². The molecule has 2 rings (SSSR count). The van der Waals surface area contributed by atoms with Crippen molar-refractivity contribution in [2.75, 3.05) is 13.1 Å². The summed E-state index contributed by atoms with van der Waals surface area (Å²) >= 11 is 11.8. The molecule has 0 spiro atoms. The zero-order valence-electron chi connectivity index (χ0n) is 13.1. The van der Waals surface area contributed by atoms with Gasteiger partial charge in [-0.15, -0.1) is 0 Å². The summed E-state index contributed by atoms with van der Waals surface area (Å²) in [4.78, 5) is 23.7. The lowest BCUT2D eigenvalue weighted by Gasteiger charge is -2.08. The third-order valence-corrected chi connectivity index (χ3v) is 4.02. The molecule has 0 saturated heterocycles. The molecule has 0 bridgehead atoms. The molecule has 6 nitrogen and oxygen atoms in total. The second-order valence-electron chi connectivity index (χ2n) is 5.11. The van der Waals surface area contributed by atoms with Crippen LogP contribution in [0.4, 0.5) is 0 Å². The number of hydrogen-bond acceptors (Lipinski definition) is 4. The van der Waals surface area contributed by atoms with E-state index in [4.69, 9.17) is 27.7 Å². The van der Waals surface area contributed by atoms with E-state index in [0.29, 0.717) is 35.8 Å². The molecule has 1 aromatic heterocycles. The number of nitrogens with one attached hydrogen (secondary N) is 2. The van der Waals surface area contributed by atoms with Crippen LogP contribution in [0.3, 0.4) is 0 Å². The number of rotatable bonds is 7. The molecule has 1 heterocycles. The standard InChI is InChI=1S/C16H17Cl2N3O3/c1-10-11(15(18)24-21-10)6-7-14(22)19-8-9-20-16(23)12-4-2-3-5-13(12)17/h2-5H,6-9H2,1H3,(H,19,22)(H,20,23). The van der Waals surface area contributed by atoms with E-state index in [9.17, 15) is 9.59 Å². The van der Waals surface area contributed by atoms with Gasteiger partial charge in [0.1, 0.15) is 0 Å². The van der Waals surface area contributed by atoms with Gasteiger partial charge in [-0.25, -0.2) is 0 Å². The van der Waals surface area contributed by atoms with Gasteiger partial charge in [-0.2, -0.15) is 0 Å². The quantitative estimate of drug-likeness (QED) is 0.734. The minimum Gasteiger partial charge on any atom is -0.354 e. The van der Waals surface area contributed by atoms with Crippen LogP contribution in [0, 0.1) is 6.92 Å². The second-order valence-corrected chi connectivity index (χ2v) is 5.86. The van der Waals surface area contributed by atoms with E-state index >= 15 is 0 Å². The number of carbonyl (C=O) groups is 2. The molecule has 24 heavy (non-hydrogen) atoms. The van der Waals surface area contributed by atoms with Gasteiger partial charge in [0.2, 0.25) is 11.1 Å². The molecular formula is C16H17Cl2N3O3. The number of carbonyl (C=O) groups excluding carboxylic acids is 2. The van der Waals surface area contributed by atoms with Gasteiger partial charge in [-0.1, -0.05) is 28.9 Å². The molecule has 128 valence electrons. The van der Waals surface area contributed by atoms with Crippen LogP contribution in [0.5, 0.6) is 0 Å². The fraction of sp³-hybridized carbons (Fsp3) is 0.312. The largest absolute Gasteiger partial charge is 0.354 e. The fourth-order valence-corrected chi connectivity index (χ4v) is 2.57. The van der Waals surface area contributed by atoms with Crippen molar-refractivity contribution in [2.45, 2.75) is 19.8 Å². The molecule has 2 N–H and O–H groups in total. The molecule has 2 amide bonds. The number of benzene rings is 1. The summed E-state index contributed by atoms with van der Waals surface area (Å²) in [6, 6.07) is 6.78. The van der Waals surface area contributed by atoms with E-state index < -0.39 is 0 Å². The summed E-state index contributed by atoms with van der Waals surface area (Å²) < 4.78 is 4.83.